The first-order valence-electron chi connectivity index (χ1n) is 8.76. The van der Waals surface area contributed by atoms with Crippen LogP contribution in [0.2, 0.25) is 0 Å². The molecule has 3 amide bonds. The molecule has 0 aliphatic carbocycles. The van der Waals surface area contributed by atoms with E-state index in [2.05, 4.69) is 23.8 Å². The van der Waals surface area contributed by atoms with Crippen LogP contribution in [0.5, 0.6) is 0 Å². The van der Waals surface area contributed by atoms with E-state index in [9.17, 15) is 9.59 Å². The minimum atomic E-state index is -0.447. The average Bonchev–Trinajstić information content (AvgIpc) is 2.91. The Morgan fingerprint density at radius 2 is 1.96 bits per heavy atom. The molecule has 1 saturated heterocycles. The number of imide groups is 1. The van der Waals surface area contributed by atoms with Crippen LogP contribution >= 0.6 is 11.8 Å². The molecule has 0 aromatic heterocycles. The molecule has 0 aromatic rings. The smallest absolute Gasteiger partial charge is 0.325 e. The van der Waals surface area contributed by atoms with E-state index in [-0.39, 0.29) is 11.9 Å². The maximum absolute atomic E-state index is 12.2. The van der Waals surface area contributed by atoms with Gasteiger partial charge in [-0.3, -0.25) is 10.1 Å². The highest BCUT2D eigenvalue weighted by atomic mass is 32.2. The second-order valence-electron chi connectivity index (χ2n) is 6.23. The predicted octanol–water partition coefficient (Wildman–Crippen LogP) is 2.81. The van der Waals surface area contributed by atoms with Crippen molar-refractivity contribution in [3.8, 4) is 0 Å². The second kappa shape index (κ2) is 9.11. The van der Waals surface area contributed by atoms with Crippen LogP contribution in [0.15, 0.2) is 17.6 Å². The average molecular weight is 353 g/mol. The Morgan fingerprint density at radius 1 is 1.25 bits per heavy atom. The molecule has 6 nitrogen and oxygen atoms in total. The number of likely N-dealkylation sites (N-methyl/N-ethyl adjacent to an activating group) is 1. The van der Waals surface area contributed by atoms with E-state index in [0.717, 1.165) is 17.3 Å². The first-order valence-corrected chi connectivity index (χ1v) is 9.74. The highest BCUT2D eigenvalue weighted by Crippen LogP contribution is 2.28. The van der Waals surface area contributed by atoms with Gasteiger partial charge in [-0.2, -0.15) is 0 Å². The summed E-state index contributed by atoms with van der Waals surface area (Å²) < 4.78 is 0. The van der Waals surface area contributed by atoms with E-state index in [0.29, 0.717) is 6.54 Å². The van der Waals surface area contributed by atoms with Gasteiger partial charge in [-0.25, -0.2) is 9.79 Å². The highest BCUT2D eigenvalue weighted by Gasteiger charge is 2.48. The topological polar surface area (TPSA) is 65.0 Å². The minimum absolute atomic E-state index is 0.274. The number of thioether (sulfide) groups is 1. The number of rotatable bonds is 9. The molecule has 134 valence electrons. The number of carbonyl (C=O) groups excluding carboxylic acids is 2. The molecule has 2 aliphatic rings. The summed E-state index contributed by atoms with van der Waals surface area (Å²) in [6.45, 7) is 6.55. The van der Waals surface area contributed by atoms with Crippen LogP contribution < -0.4 is 5.32 Å². The predicted molar refractivity (Wildman–Crippen MR) is 99.0 cm³/mol. The van der Waals surface area contributed by atoms with Gasteiger partial charge in [0.1, 0.15) is 0 Å². The number of hydrogen-bond donors (Lipinski definition) is 1. The molecular weight excluding hydrogens is 324 g/mol. The monoisotopic (exact) mass is 352 g/mol. The Bertz CT molecular complexity index is 509. The SMILES string of the molecule is C=CCN1C(SCCCCCCCC)=NC2C1C(=O)NC(=O)N2C. The molecule has 7 heteroatoms. The molecule has 2 heterocycles. The van der Waals surface area contributed by atoms with E-state index in [4.69, 9.17) is 0 Å². The Labute approximate surface area is 148 Å². The standard InChI is InChI=1S/C17H28N4O2S/c1-4-6-7-8-9-10-12-24-17-18-14-13(21(17)11-5-2)15(22)19-16(23)20(14)3/h5,13-14H,2,4,6-12H2,1,3H3,(H,19,22,23). The van der Waals surface area contributed by atoms with E-state index in [1.807, 2.05) is 4.90 Å². The third-order valence-corrected chi connectivity index (χ3v) is 5.47. The molecule has 1 N–H and O–H groups in total. The van der Waals surface area contributed by atoms with Crippen LogP contribution in [0.4, 0.5) is 4.79 Å². The summed E-state index contributed by atoms with van der Waals surface area (Å²) in [6.07, 6.45) is 8.87. The number of amides is 3. The van der Waals surface area contributed by atoms with Gasteiger partial charge in [0.05, 0.1) is 0 Å². The van der Waals surface area contributed by atoms with Crippen molar-refractivity contribution in [2.45, 2.75) is 57.7 Å². The first kappa shape index (κ1) is 18.8. The summed E-state index contributed by atoms with van der Waals surface area (Å²) in [6, 6.07) is -0.830. The molecule has 0 radical (unpaired) electrons. The van der Waals surface area contributed by atoms with Gasteiger partial charge in [-0.05, 0) is 6.42 Å². The molecule has 2 rings (SSSR count). The van der Waals surface area contributed by atoms with Crippen molar-refractivity contribution in [1.29, 1.82) is 0 Å². The third-order valence-electron chi connectivity index (χ3n) is 4.38. The fourth-order valence-electron chi connectivity index (χ4n) is 3.00. The van der Waals surface area contributed by atoms with E-state index in [1.165, 1.54) is 37.0 Å². The van der Waals surface area contributed by atoms with Crippen molar-refractivity contribution in [3.05, 3.63) is 12.7 Å². The van der Waals surface area contributed by atoms with Crippen molar-refractivity contribution in [3.63, 3.8) is 0 Å². The number of fused-ring (bicyclic) bond motifs is 1. The molecule has 24 heavy (non-hydrogen) atoms. The van der Waals surface area contributed by atoms with Crippen molar-refractivity contribution in [2.75, 3.05) is 19.3 Å². The van der Waals surface area contributed by atoms with Crippen LogP contribution in [0.3, 0.4) is 0 Å². The van der Waals surface area contributed by atoms with E-state index in [1.54, 1.807) is 24.9 Å². The lowest BCUT2D eigenvalue weighted by atomic mass is 10.1. The molecule has 2 unspecified atom stereocenters. The summed E-state index contributed by atoms with van der Waals surface area (Å²) in [5.74, 6) is 0.709. The van der Waals surface area contributed by atoms with Crippen LogP contribution in [0.25, 0.3) is 0 Å². The fourth-order valence-corrected chi connectivity index (χ4v) is 4.07. The lowest BCUT2D eigenvalue weighted by Crippen LogP contribution is -2.63. The summed E-state index contributed by atoms with van der Waals surface area (Å²) in [7, 11) is 1.68. The van der Waals surface area contributed by atoms with Gasteiger partial charge in [-0.15, -0.1) is 6.58 Å². The van der Waals surface area contributed by atoms with Gasteiger partial charge < -0.3 is 9.80 Å². The molecule has 2 aliphatic heterocycles. The summed E-state index contributed by atoms with van der Waals surface area (Å²) in [4.78, 5) is 32.1. The highest BCUT2D eigenvalue weighted by molar-refractivity contribution is 8.13. The quantitative estimate of drug-likeness (QED) is 0.512. The maximum atomic E-state index is 12.2. The van der Waals surface area contributed by atoms with Crippen molar-refractivity contribution in [2.24, 2.45) is 4.99 Å². The first-order chi connectivity index (χ1) is 11.6. The number of carbonyl (C=O) groups is 2. The minimum Gasteiger partial charge on any atom is -0.332 e. The number of urea groups is 1. The largest absolute Gasteiger partial charge is 0.332 e. The molecule has 0 spiro atoms. The van der Waals surface area contributed by atoms with Crippen molar-refractivity contribution >= 4 is 28.9 Å². The number of amidine groups is 1. The van der Waals surface area contributed by atoms with Gasteiger partial charge in [0.25, 0.3) is 5.91 Å². The van der Waals surface area contributed by atoms with E-state index < -0.39 is 12.2 Å². The van der Waals surface area contributed by atoms with Crippen LogP contribution in [-0.2, 0) is 4.79 Å². The Hall–Kier alpha value is -1.50. The van der Waals surface area contributed by atoms with E-state index >= 15 is 0 Å². The second-order valence-corrected chi connectivity index (χ2v) is 7.29. The van der Waals surface area contributed by atoms with Crippen LogP contribution in [0.1, 0.15) is 45.4 Å². The van der Waals surface area contributed by atoms with Gasteiger partial charge in [-0.1, -0.05) is 56.9 Å². The fraction of sp³-hybridized carbons (Fsp3) is 0.706. The normalized spacial score (nSPS) is 23.2. The molecule has 0 saturated carbocycles. The molecule has 1 fully saturated rings. The Balaban J connectivity index is 1.91. The van der Waals surface area contributed by atoms with Crippen LogP contribution in [-0.4, -0.2) is 58.5 Å². The molecular formula is C17H28N4O2S. The molecule has 0 aromatic carbocycles. The number of hydrogen-bond acceptors (Lipinski definition) is 5. The lowest BCUT2D eigenvalue weighted by Gasteiger charge is -2.35. The van der Waals surface area contributed by atoms with Crippen LogP contribution in [0, 0.1) is 0 Å². The molecule has 0 bridgehead atoms. The third kappa shape index (κ3) is 4.32. The zero-order valence-corrected chi connectivity index (χ0v) is 15.5. The Kier molecular flexibility index (Phi) is 7.15. The van der Waals surface area contributed by atoms with Gasteiger partial charge >= 0.3 is 6.03 Å². The number of unbranched alkanes of at least 4 members (excludes halogenated alkanes) is 5. The lowest BCUT2D eigenvalue weighted by molar-refractivity contribution is -0.126. The number of aliphatic imine (C=N–C) groups is 1. The molecule has 2 atom stereocenters. The Morgan fingerprint density at radius 3 is 2.67 bits per heavy atom. The maximum Gasteiger partial charge on any atom is 0.325 e. The summed E-state index contributed by atoms with van der Waals surface area (Å²) >= 11 is 1.68. The zero-order valence-electron chi connectivity index (χ0n) is 14.7. The van der Waals surface area contributed by atoms with Crippen molar-refractivity contribution in [1.82, 2.24) is 15.1 Å². The summed E-state index contributed by atoms with van der Waals surface area (Å²) in [5.41, 5.74) is 0. The number of nitrogens with zero attached hydrogens (tertiary/aromatic N) is 3. The van der Waals surface area contributed by atoms with Crippen molar-refractivity contribution < 1.29 is 9.59 Å². The zero-order chi connectivity index (χ0) is 17.5. The van der Waals surface area contributed by atoms with Gasteiger partial charge in [0.2, 0.25) is 0 Å². The summed E-state index contributed by atoms with van der Waals surface area (Å²) in [5, 5.41) is 3.24. The number of nitrogens with one attached hydrogen (secondary N) is 1. The van der Waals surface area contributed by atoms with Gasteiger partial charge in [0.15, 0.2) is 17.4 Å². The van der Waals surface area contributed by atoms with Gasteiger partial charge in [0, 0.05) is 19.3 Å².